The average Bonchev–Trinajstić information content (AvgIpc) is 3.16. The van der Waals surface area contributed by atoms with Crippen LogP contribution in [0.1, 0.15) is 11.5 Å². The van der Waals surface area contributed by atoms with E-state index in [1.807, 2.05) is 23.6 Å². The summed E-state index contributed by atoms with van der Waals surface area (Å²) < 4.78 is 11.0. The molecule has 0 bridgehead atoms. The molecule has 0 radical (unpaired) electrons. The number of hydrogen-bond acceptors (Lipinski definition) is 6. The van der Waals surface area contributed by atoms with Gasteiger partial charge in [-0.05, 0) is 29.6 Å². The molecule has 3 rings (SSSR count). The first kappa shape index (κ1) is 13.6. The summed E-state index contributed by atoms with van der Waals surface area (Å²) in [4.78, 5) is 0.908. The van der Waals surface area contributed by atoms with Crippen LogP contribution in [0.2, 0.25) is 5.02 Å². The highest BCUT2D eigenvalue weighted by molar-refractivity contribution is 7.13. The van der Waals surface area contributed by atoms with Crippen molar-refractivity contribution in [1.82, 2.24) is 10.2 Å². The minimum atomic E-state index is 0.115. The third-order valence-electron chi connectivity index (χ3n) is 2.61. The zero-order chi connectivity index (χ0) is 14.7. The van der Waals surface area contributed by atoms with E-state index in [2.05, 4.69) is 10.2 Å². The Bertz CT molecular complexity index is 793. The Morgan fingerprint density at radius 2 is 2.24 bits per heavy atom. The molecule has 3 aromatic rings. The summed E-state index contributed by atoms with van der Waals surface area (Å²) in [6.45, 7) is 0.115. The van der Waals surface area contributed by atoms with Gasteiger partial charge in [0.05, 0.1) is 21.5 Å². The van der Waals surface area contributed by atoms with Crippen molar-refractivity contribution in [2.45, 2.75) is 6.61 Å². The smallest absolute Gasteiger partial charge is 0.257 e. The molecule has 0 aliphatic heterocycles. The van der Waals surface area contributed by atoms with Gasteiger partial charge >= 0.3 is 0 Å². The number of benzene rings is 1. The van der Waals surface area contributed by atoms with Crippen LogP contribution in [0, 0.1) is 11.3 Å². The highest BCUT2D eigenvalue weighted by atomic mass is 35.5. The van der Waals surface area contributed by atoms with Gasteiger partial charge < -0.3 is 9.15 Å². The topological polar surface area (TPSA) is 71.9 Å². The predicted octanol–water partition coefficient (Wildman–Crippen LogP) is 3.90. The summed E-state index contributed by atoms with van der Waals surface area (Å²) in [6, 6.07) is 10.6. The summed E-state index contributed by atoms with van der Waals surface area (Å²) in [6.07, 6.45) is 0. The van der Waals surface area contributed by atoms with Crippen molar-refractivity contribution in [3.8, 4) is 22.6 Å². The highest BCUT2D eigenvalue weighted by Crippen LogP contribution is 2.27. The van der Waals surface area contributed by atoms with Gasteiger partial charge in [-0.2, -0.15) is 5.26 Å². The largest absolute Gasteiger partial charge is 0.482 e. The van der Waals surface area contributed by atoms with Gasteiger partial charge in [-0.25, -0.2) is 0 Å². The molecule has 0 N–H and O–H groups in total. The van der Waals surface area contributed by atoms with E-state index in [-0.39, 0.29) is 6.61 Å². The van der Waals surface area contributed by atoms with E-state index in [9.17, 15) is 0 Å². The molecule has 1 aromatic carbocycles. The number of aromatic nitrogens is 2. The first-order chi connectivity index (χ1) is 10.3. The molecule has 0 aliphatic carbocycles. The van der Waals surface area contributed by atoms with Gasteiger partial charge in [-0.3, -0.25) is 0 Å². The van der Waals surface area contributed by atoms with E-state index >= 15 is 0 Å². The number of halogens is 1. The van der Waals surface area contributed by atoms with E-state index in [0.29, 0.717) is 28.1 Å². The Hall–Kier alpha value is -2.36. The van der Waals surface area contributed by atoms with Crippen LogP contribution in [0.25, 0.3) is 10.8 Å². The molecule has 104 valence electrons. The maximum Gasteiger partial charge on any atom is 0.257 e. The fraction of sp³-hybridized carbons (Fsp3) is 0.0714. The Morgan fingerprint density at radius 3 is 2.95 bits per heavy atom. The number of rotatable bonds is 4. The molecule has 0 fully saturated rings. The number of ether oxygens (including phenoxy) is 1. The second kappa shape index (κ2) is 5.95. The Balaban J connectivity index is 1.70. The second-order valence-corrected chi connectivity index (χ2v) is 5.38. The molecule has 2 aromatic heterocycles. The van der Waals surface area contributed by atoms with Crippen molar-refractivity contribution in [2.24, 2.45) is 0 Å². The molecule has 21 heavy (non-hydrogen) atoms. The van der Waals surface area contributed by atoms with Gasteiger partial charge in [-0.15, -0.1) is 21.5 Å². The van der Waals surface area contributed by atoms with Gasteiger partial charge in [0.25, 0.3) is 11.8 Å². The zero-order valence-corrected chi connectivity index (χ0v) is 12.2. The maximum atomic E-state index is 8.77. The maximum absolute atomic E-state index is 8.77. The van der Waals surface area contributed by atoms with Crippen LogP contribution in [0.4, 0.5) is 0 Å². The van der Waals surface area contributed by atoms with Gasteiger partial charge in [-0.1, -0.05) is 17.7 Å². The molecule has 2 heterocycles. The van der Waals surface area contributed by atoms with Gasteiger partial charge in [0, 0.05) is 0 Å². The van der Waals surface area contributed by atoms with E-state index < -0.39 is 0 Å². The van der Waals surface area contributed by atoms with Crippen LogP contribution in [-0.4, -0.2) is 10.2 Å². The van der Waals surface area contributed by atoms with Crippen molar-refractivity contribution in [3.63, 3.8) is 0 Å². The van der Waals surface area contributed by atoms with Gasteiger partial charge in [0.15, 0.2) is 6.61 Å². The molecular formula is C14H8ClN3O2S. The number of hydrogen-bond donors (Lipinski definition) is 0. The fourth-order valence-corrected chi connectivity index (χ4v) is 2.52. The SMILES string of the molecule is N#Cc1ccc(OCc2nnc(-c3cccs3)o2)c(Cl)c1. The fourth-order valence-electron chi connectivity index (χ4n) is 1.64. The van der Waals surface area contributed by atoms with Crippen LogP contribution in [0.5, 0.6) is 5.75 Å². The lowest BCUT2D eigenvalue weighted by molar-refractivity contribution is 0.264. The normalized spacial score (nSPS) is 10.3. The quantitative estimate of drug-likeness (QED) is 0.729. The lowest BCUT2D eigenvalue weighted by Crippen LogP contribution is -1.96. The third kappa shape index (κ3) is 3.05. The molecule has 0 saturated heterocycles. The van der Waals surface area contributed by atoms with Crippen LogP contribution in [0.15, 0.2) is 40.1 Å². The third-order valence-corrected chi connectivity index (χ3v) is 3.76. The standard InChI is InChI=1S/C14H8ClN3O2S/c15-10-6-9(7-16)3-4-11(10)19-8-13-17-18-14(20-13)12-2-1-5-21-12/h1-6H,8H2. The molecule has 7 heteroatoms. The molecule has 5 nitrogen and oxygen atoms in total. The summed E-state index contributed by atoms with van der Waals surface area (Å²) >= 11 is 7.54. The van der Waals surface area contributed by atoms with Crippen molar-refractivity contribution in [3.05, 3.63) is 52.2 Å². The second-order valence-electron chi connectivity index (χ2n) is 4.02. The monoisotopic (exact) mass is 317 g/mol. The first-order valence-corrected chi connectivity index (χ1v) is 7.21. The Morgan fingerprint density at radius 1 is 1.33 bits per heavy atom. The van der Waals surface area contributed by atoms with Crippen LogP contribution < -0.4 is 4.74 Å². The number of thiophene rings is 1. The summed E-state index contributed by atoms with van der Waals surface area (Å²) in [5, 5.41) is 19.0. The average molecular weight is 318 g/mol. The zero-order valence-electron chi connectivity index (χ0n) is 10.6. The van der Waals surface area contributed by atoms with Crippen molar-refractivity contribution >= 4 is 22.9 Å². The number of nitrogens with zero attached hydrogens (tertiary/aromatic N) is 3. The van der Waals surface area contributed by atoms with Crippen LogP contribution in [-0.2, 0) is 6.61 Å². The highest BCUT2D eigenvalue weighted by Gasteiger charge is 2.11. The van der Waals surface area contributed by atoms with Crippen molar-refractivity contribution in [2.75, 3.05) is 0 Å². The summed E-state index contributed by atoms with van der Waals surface area (Å²) in [5.41, 5.74) is 0.477. The van der Waals surface area contributed by atoms with Gasteiger partial charge in [0.1, 0.15) is 5.75 Å². The van der Waals surface area contributed by atoms with Crippen molar-refractivity contribution < 1.29 is 9.15 Å². The van der Waals surface area contributed by atoms with E-state index in [4.69, 9.17) is 26.0 Å². The lowest BCUT2D eigenvalue weighted by Gasteiger charge is -2.05. The van der Waals surface area contributed by atoms with Gasteiger partial charge in [0.2, 0.25) is 0 Å². The first-order valence-electron chi connectivity index (χ1n) is 5.95. The Labute approximate surface area is 129 Å². The van der Waals surface area contributed by atoms with Crippen LogP contribution in [0.3, 0.4) is 0 Å². The van der Waals surface area contributed by atoms with Crippen LogP contribution >= 0.6 is 22.9 Å². The predicted molar refractivity (Wildman–Crippen MR) is 78.1 cm³/mol. The van der Waals surface area contributed by atoms with E-state index in [0.717, 1.165) is 4.88 Å². The molecule has 0 amide bonds. The summed E-state index contributed by atoms with van der Waals surface area (Å²) in [7, 11) is 0. The Kier molecular flexibility index (Phi) is 3.86. The van der Waals surface area contributed by atoms with Crippen molar-refractivity contribution in [1.29, 1.82) is 5.26 Å². The van der Waals surface area contributed by atoms with E-state index in [1.165, 1.54) is 11.3 Å². The minimum Gasteiger partial charge on any atom is -0.482 e. The molecule has 0 atom stereocenters. The molecule has 0 unspecified atom stereocenters. The lowest BCUT2D eigenvalue weighted by atomic mass is 10.2. The minimum absolute atomic E-state index is 0.115. The molecule has 0 spiro atoms. The number of nitriles is 1. The molecule has 0 saturated carbocycles. The molecule has 0 aliphatic rings. The van der Waals surface area contributed by atoms with E-state index in [1.54, 1.807) is 18.2 Å². The summed E-state index contributed by atoms with van der Waals surface area (Å²) in [5.74, 6) is 1.29. The molecular weight excluding hydrogens is 310 g/mol.